The maximum atomic E-state index is 12.0. The van der Waals surface area contributed by atoms with Gasteiger partial charge in [-0.1, -0.05) is 18.2 Å². The molecule has 0 saturated carbocycles. The third-order valence-electron chi connectivity index (χ3n) is 3.90. The first kappa shape index (κ1) is 16.8. The number of nitrogens with one attached hydrogen (secondary N) is 2. The van der Waals surface area contributed by atoms with Crippen LogP contribution in [-0.4, -0.2) is 57.2 Å². The molecule has 0 spiro atoms. The van der Waals surface area contributed by atoms with E-state index in [4.69, 9.17) is 4.74 Å². The van der Waals surface area contributed by atoms with Gasteiger partial charge in [0.25, 0.3) is 0 Å². The number of carbonyl (C=O) groups is 1. The summed E-state index contributed by atoms with van der Waals surface area (Å²) in [6, 6.07) is 9.65. The van der Waals surface area contributed by atoms with Gasteiger partial charge in [0.15, 0.2) is 0 Å². The Kier molecular flexibility index (Phi) is 7.19. The van der Waals surface area contributed by atoms with Gasteiger partial charge in [-0.25, -0.2) is 0 Å². The van der Waals surface area contributed by atoms with Gasteiger partial charge in [0.2, 0.25) is 5.91 Å². The molecule has 122 valence electrons. The summed E-state index contributed by atoms with van der Waals surface area (Å²) in [7, 11) is 1.98. The van der Waals surface area contributed by atoms with Crippen molar-refractivity contribution in [1.29, 1.82) is 0 Å². The van der Waals surface area contributed by atoms with Crippen molar-refractivity contribution in [3.05, 3.63) is 30.3 Å². The predicted octanol–water partition coefficient (Wildman–Crippen LogP) is 1.11. The van der Waals surface area contributed by atoms with Crippen LogP contribution >= 0.6 is 0 Å². The van der Waals surface area contributed by atoms with E-state index in [0.717, 1.165) is 25.4 Å². The number of piperidine rings is 1. The van der Waals surface area contributed by atoms with E-state index in [0.29, 0.717) is 25.6 Å². The SMILES string of the molecule is CNCC1CCCN(CC(=O)NCCOc2ccccc2)C1. The van der Waals surface area contributed by atoms with Crippen LogP contribution in [0.5, 0.6) is 5.75 Å². The maximum absolute atomic E-state index is 12.0. The van der Waals surface area contributed by atoms with E-state index in [1.54, 1.807) is 0 Å². The number of para-hydroxylation sites is 1. The molecular weight excluding hydrogens is 278 g/mol. The van der Waals surface area contributed by atoms with Crippen molar-refractivity contribution in [3.8, 4) is 5.75 Å². The molecule has 5 heteroatoms. The summed E-state index contributed by atoms with van der Waals surface area (Å²) in [5.41, 5.74) is 0. The first-order valence-electron chi connectivity index (χ1n) is 8.09. The number of carbonyl (C=O) groups excluding carboxylic acids is 1. The van der Waals surface area contributed by atoms with E-state index in [1.165, 1.54) is 12.8 Å². The molecular formula is C17H27N3O2. The summed E-state index contributed by atoms with van der Waals surface area (Å²) in [6.07, 6.45) is 2.43. The van der Waals surface area contributed by atoms with Crippen LogP contribution < -0.4 is 15.4 Å². The summed E-state index contributed by atoms with van der Waals surface area (Å²) in [5.74, 6) is 1.58. The van der Waals surface area contributed by atoms with Crippen LogP contribution in [-0.2, 0) is 4.79 Å². The molecule has 2 N–H and O–H groups in total. The lowest BCUT2D eigenvalue weighted by Gasteiger charge is -2.32. The Labute approximate surface area is 133 Å². The molecule has 0 aromatic heterocycles. The number of likely N-dealkylation sites (tertiary alicyclic amines) is 1. The summed E-state index contributed by atoms with van der Waals surface area (Å²) in [4.78, 5) is 14.2. The smallest absolute Gasteiger partial charge is 0.234 e. The molecule has 0 bridgehead atoms. The second-order valence-corrected chi connectivity index (χ2v) is 5.81. The molecule has 1 heterocycles. The highest BCUT2D eigenvalue weighted by Crippen LogP contribution is 2.15. The Balaban J connectivity index is 1.59. The molecule has 1 aliphatic rings. The predicted molar refractivity (Wildman–Crippen MR) is 88.0 cm³/mol. The van der Waals surface area contributed by atoms with Crippen LogP contribution in [0.1, 0.15) is 12.8 Å². The number of ether oxygens (including phenoxy) is 1. The Morgan fingerprint density at radius 1 is 1.36 bits per heavy atom. The van der Waals surface area contributed by atoms with Gasteiger partial charge in [-0.3, -0.25) is 9.69 Å². The number of benzene rings is 1. The van der Waals surface area contributed by atoms with Crippen LogP contribution in [0, 0.1) is 5.92 Å². The van der Waals surface area contributed by atoms with Gasteiger partial charge in [-0.2, -0.15) is 0 Å². The molecule has 5 nitrogen and oxygen atoms in total. The number of amides is 1. The van der Waals surface area contributed by atoms with Gasteiger partial charge in [0.05, 0.1) is 13.1 Å². The lowest BCUT2D eigenvalue weighted by atomic mass is 9.98. The quantitative estimate of drug-likeness (QED) is 0.707. The highest BCUT2D eigenvalue weighted by Gasteiger charge is 2.20. The van der Waals surface area contributed by atoms with Crippen molar-refractivity contribution < 1.29 is 9.53 Å². The molecule has 1 aromatic carbocycles. The Bertz CT molecular complexity index is 437. The Morgan fingerprint density at radius 3 is 2.95 bits per heavy atom. The normalized spacial score (nSPS) is 18.9. The highest BCUT2D eigenvalue weighted by molar-refractivity contribution is 5.78. The molecule has 1 saturated heterocycles. The topological polar surface area (TPSA) is 53.6 Å². The van der Waals surface area contributed by atoms with E-state index in [1.807, 2.05) is 37.4 Å². The average Bonchev–Trinajstić information content (AvgIpc) is 2.53. The van der Waals surface area contributed by atoms with E-state index >= 15 is 0 Å². The van der Waals surface area contributed by atoms with E-state index in [9.17, 15) is 4.79 Å². The molecule has 1 atom stereocenters. The second kappa shape index (κ2) is 9.43. The third kappa shape index (κ3) is 6.03. The fourth-order valence-corrected chi connectivity index (χ4v) is 2.89. The summed E-state index contributed by atoms with van der Waals surface area (Å²) < 4.78 is 5.56. The second-order valence-electron chi connectivity index (χ2n) is 5.81. The molecule has 1 aromatic rings. The van der Waals surface area contributed by atoms with Crippen LogP contribution in [0.25, 0.3) is 0 Å². The minimum absolute atomic E-state index is 0.0850. The van der Waals surface area contributed by atoms with Gasteiger partial charge in [0.1, 0.15) is 12.4 Å². The van der Waals surface area contributed by atoms with E-state index in [2.05, 4.69) is 15.5 Å². The minimum atomic E-state index is 0.0850. The van der Waals surface area contributed by atoms with Crippen LogP contribution in [0.3, 0.4) is 0 Å². The van der Waals surface area contributed by atoms with Crippen LogP contribution in [0.15, 0.2) is 30.3 Å². The number of nitrogens with zero attached hydrogens (tertiary/aromatic N) is 1. The molecule has 1 amide bonds. The van der Waals surface area contributed by atoms with Crippen molar-refractivity contribution >= 4 is 5.91 Å². The number of hydrogen-bond donors (Lipinski definition) is 2. The zero-order chi connectivity index (χ0) is 15.6. The first-order valence-corrected chi connectivity index (χ1v) is 8.09. The van der Waals surface area contributed by atoms with Gasteiger partial charge < -0.3 is 15.4 Å². The zero-order valence-corrected chi connectivity index (χ0v) is 13.4. The van der Waals surface area contributed by atoms with Gasteiger partial charge in [-0.15, -0.1) is 0 Å². The summed E-state index contributed by atoms with van der Waals surface area (Å²) >= 11 is 0. The van der Waals surface area contributed by atoms with Gasteiger partial charge >= 0.3 is 0 Å². The molecule has 22 heavy (non-hydrogen) atoms. The molecule has 1 unspecified atom stereocenters. The lowest BCUT2D eigenvalue weighted by Crippen LogP contribution is -2.44. The van der Waals surface area contributed by atoms with Crippen molar-refractivity contribution in [3.63, 3.8) is 0 Å². The molecule has 1 fully saturated rings. The first-order chi connectivity index (χ1) is 10.8. The molecule has 0 aliphatic carbocycles. The number of rotatable bonds is 8. The maximum Gasteiger partial charge on any atom is 0.234 e. The summed E-state index contributed by atoms with van der Waals surface area (Å²) in [6.45, 7) is 4.59. The average molecular weight is 305 g/mol. The molecule has 0 radical (unpaired) electrons. The fraction of sp³-hybridized carbons (Fsp3) is 0.588. The van der Waals surface area contributed by atoms with Crippen molar-refractivity contribution in [2.45, 2.75) is 12.8 Å². The minimum Gasteiger partial charge on any atom is -0.492 e. The lowest BCUT2D eigenvalue weighted by molar-refractivity contribution is -0.122. The van der Waals surface area contributed by atoms with Crippen molar-refractivity contribution in [2.24, 2.45) is 5.92 Å². The van der Waals surface area contributed by atoms with Crippen molar-refractivity contribution in [2.75, 3.05) is 46.4 Å². The highest BCUT2D eigenvalue weighted by atomic mass is 16.5. The van der Waals surface area contributed by atoms with Crippen LogP contribution in [0.2, 0.25) is 0 Å². The largest absolute Gasteiger partial charge is 0.492 e. The monoisotopic (exact) mass is 305 g/mol. The Morgan fingerprint density at radius 2 is 2.18 bits per heavy atom. The zero-order valence-electron chi connectivity index (χ0n) is 13.4. The molecule has 2 rings (SSSR count). The van der Waals surface area contributed by atoms with Gasteiger partial charge in [-0.05, 0) is 51.0 Å². The Hall–Kier alpha value is -1.59. The van der Waals surface area contributed by atoms with E-state index in [-0.39, 0.29) is 5.91 Å². The summed E-state index contributed by atoms with van der Waals surface area (Å²) in [5, 5.41) is 6.15. The van der Waals surface area contributed by atoms with Gasteiger partial charge in [0, 0.05) is 6.54 Å². The van der Waals surface area contributed by atoms with Crippen LogP contribution in [0.4, 0.5) is 0 Å². The molecule has 1 aliphatic heterocycles. The van der Waals surface area contributed by atoms with E-state index < -0.39 is 0 Å². The third-order valence-corrected chi connectivity index (χ3v) is 3.90. The van der Waals surface area contributed by atoms with Crippen molar-refractivity contribution in [1.82, 2.24) is 15.5 Å². The number of hydrogen-bond acceptors (Lipinski definition) is 4. The standard InChI is InChI=1S/C17H27N3O2/c1-18-12-15-6-5-10-20(13-15)14-17(21)19-9-11-22-16-7-3-2-4-8-16/h2-4,7-8,15,18H,5-6,9-14H2,1H3,(H,19,21). The fourth-order valence-electron chi connectivity index (χ4n) is 2.89.